The lowest BCUT2D eigenvalue weighted by Gasteiger charge is -1.98. The standard InChI is InChI=1S/C12H15NO/c1-4-5-10-12-9(3)6-8(2)7-11(12)14-13-10/h6-7H,4-5H2,1-3H3. The van der Waals surface area contributed by atoms with Crippen molar-refractivity contribution in [2.75, 3.05) is 0 Å². The van der Waals surface area contributed by atoms with Crippen molar-refractivity contribution in [1.29, 1.82) is 0 Å². The molecule has 2 aromatic rings. The molecule has 0 aliphatic heterocycles. The maximum Gasteiger partial charge on any atom is 0.167 e. The van der Waals surface area contributed by atoms with Gasteiger partial charge in [-0.05, 0) is 37.5 Å². The normalized spacial score (nSPS) is 11.1. The molecule has 0 spiro atoms. The molecule has 0 saturated heterocycles. The topological polar surface area (TPSA) is 26.0 Å². The van der Waals surface area contributed by atoms with Crippen molar-refractivity contribution < 1.29 is 4.52 Å². The van der Waals surface area contributed by atoms with Gasteiger partial charge in [-0.25, -0.2) is 0 Å². The molecule has 1 aromatic carbocycles. The van der Waals surface area contributed by atoms with Crippen LogP contribution >= 0.6 is 0 Å². The van der Waals surface area contributed by atoms with E-state index in [-0.39, 0.29) is 0 Å². The van der Waals surface area contributed by atoms with E-state index < -0.39 is 0 Å². The molecule has 2 heteroatoms. The van der Waals surface area contributed by atoms with Gasteiger partial charge in [0.25, 0.3) is 0 Å². The van der Waals surface area contributed by atoms with Gasteiger partial charge in [-0.1, -0.05) is 24.6 Å². The minimum Gasteiger partial charge on any atom is -0.356 e. The van der Waals surface area contributed by atoms with Crippen molar-refractivity contribution >= 4 is 11.0 Å². The van der Waals surface area contributed by atoms with Crippen LogP contribution in [0.2, 0.25) is 0 Å². The molecule has 0 unspecified atom stereocenters. The van der Waals surface area contributed by atoms with Gasteiger partial charge in [-0.2, -0.15) is 0 Å². The summed E-state index contributed by atoms with van der Waals surface area (Å²) in [5, 5.41) is 5.32. The average molecular weight is 189 g/mol. The Hall–Kier alpha value is -1.31. The number of nitrogens with zero attached hydrogens (tertiary/aromatic N) is 1. The zero-order valence-corrected chi connectivity index (χ0v) is 8.92. The van der Waals surface area contributed by atoms with Gasteiger partial charge in [0.15, 0.2) is 5.58 Å². The van der Waals surface area contributed by atoms with Crippen LogP contribution in [-0.4, -0.2) is 5.16 Å². The molecule has 0 bridgehead atoms. The summed E-state index contributed by atoms with van der Waals surface area (Å²) in [6, 6.07) is 4.23. The van der Waals surface area contributed by atoms with Crippen molar-refractivity contribution in [3.05, 3.63) is 29.0 Å². The van der Waals surface area contributed by atoms with E-state index in [4.69, 9.17) is 4.52 Å². The van der Waals surface area contributed by atoms with Crippen molar-refractivity contribution in [3.8, 4) is 0 Å². The number of aromatic nitrogens is 1. The molecule has 14 heavy (non-hydrogen) atoms. The molecule has 0 aliphatic carbocycles. The number of rotatable bonds is 2. The van der Waals surface area contributed by atoms with E-state index in [1.165, 1.54) is 16.5 Å². The lowest BCUT2D eigenvalue weighted by atomic mass is 10.0. The molecule has 0 radical (unpaired) electrons. The van der Waals surface area contributed by atoms with Crippen LogP contribution in [0.3, 0.4) is 0 Å². The third-order valence-electron chi connectivity index (χ3n) is 2.47. The van der Waals surface area contributed by atoms with Crippen molar-refractivity contribution in [2.45, 2.75) is 33.6 Å². The van der Waals surface area contributed by atoms with Crippen molar-refractivity contribution in [1.82, 2.24) is 5.16 Å². The van der Waals surface area contributed by atoms with Gasteiger partial charge >= 0.3 is 0 Å². The molecule has 0 atom stereocenters. The van der Waals surface area contributed by atoms with E-state index in [1.807, 2.05) is 0 Å². The highest BCUT2D eigenvalue weighted by Gasteiger charge is 2.09. The molecule has 0 amide bonds. The van der Waals surface area contributed by atoms with E-state index in [0.29, 0.717) is 0 Å². The minimum atomic E-state index is 0.922. The van der Waals surface area contributed by atoms with Gasteiger partial charge < -0.3 is 4.52 Å². The maximum absolute atomic E-state index is 5.31. The molecular weight excluding hydrogens is 174 g/mol. The lowest BCUT2D eigenvalue weighted by molar-refractivity contribution is 0.445. The predicted molar refractivity (Wildman–Crippen MR) is 57.5 cm³/mol. The van der Waals surface area contributed by atoms with Crippen LogP contribution < -0.4 is 0 Å². The van der Waals surface area contributed by atoms with Gasteiger partial charge in [0.05, 0.1) is 5.69 Å². The molecular formula is C12H15NO. The SMILES string of the molecule is CCCc1noc2cc(C)cc(C)c12. The summed E-state index contributed by atoms with van der Waals surface area (Å²) in [6.07, 6.45) is 2.10. The minimum absolute atomic E-state index is 0.922. The zero-order chi connectivity index (χ0) is 10.1. The summed E-state index contributed by atoms with van der Waals surface area (Å²) in [6.45, 7) is 6.35. The highest BCUT2D eigenvalue weighted by Crippen LogP contribution is 2.24. The van der Waals surface area contributed by atoms with Crippen LogP contribution in [0.5, 0.6) is 0 Å². The fourth-order valence-electron chi connectivity index (χ4n) is 1.93. The fraction of sp³-hybridized carbons (Fsp3) is 0.417. The second kappa shape index (κ2) is 3.45. The van der Waals surface area contributed by atoms with E-state index in [9.17, 15) is 0 Å². The number of hydrogen-bond donors (Lipinski definition) is 0. The Morgan fingerprint density at radius 1 is 1.29 bits per heavy atom. The molecule has 1 aromatic heterocycles. The predicted octanol–water partition coefficient (Wildman–Crippen LogP) is 3.40. The summed E-state index contributed by atoms with van der Waals surface area (Å²) in [7, 11) is 0. The van der Waals surface area contributed by atoms with Gasteiger partial charge in [0.2, 0.25) is 0 Å². The highest BCUT2D eigenvalue weighted by molar-refractivity contribution is 5.83. The molecule has 0 fully saturated rings. The number of fused-ring (bicyclic) bond motifs is 1. The monoisotopic (exact) mass is 189 g/mol. The maximum atomic E-state index is 5.31. The Balaban J connectivity index is 2.66. The first kappa shape index (κ1) is 9.25. The van der Waals surface area contributed by atoms with Crippen LogP contribution in [0.15, 0.2) is 16.7 Å². The molecule has 0 aliphatic rings. The number of benzene rings is 1. The molecule has 0 N–H and O–H groups in total. The van der Waals surface area contributed by atoms with Crippen LogP contribution in [0.1, 0.15) is 30.2 Å². The summed E-state index contributed by atoms with van der Waals surface area (Å²) >= 11 is 0. The van der Waals surface area contributed by atoms with E-state index in [2.05, 4.69) is 38.1 Å². The van der Waals surface area contributed by atoms with Crippen LogP contribution in [0.25, 0.3) is 11.0 Å². The zero-order valence-electron chi connectivity index (χ0n) is 8.92. The molecule has 1 heterocycles. The van der Waals surface area contributed by atoms with E-state index in [1.54, 1.807) is 0 Å². The van der Waals surface area contributed by atoms with Crippen LogP contribution in [0, 0.1) is 13.8 Å². The quantitative estimate of drug-likeness (QED) is 0.723. The van der Waals surface area contributed by atoms with Gasteiger partial charge in [-0.3, -0.25) is 0 Å². The third kappa shape index (κ3) is 1.41. The van der Waals surface area contributed by atoms with Gasteiger partial charge in [0, 0.05) is 5.39 Å². The summed E-state index contributed by atoms with van der Waals surface area (Å²) in [4.78, 5) is 0. The average Bonchev–Trinajstić information content (AvgIpc) is 2.49. The first-order chi connectivity index (χ1) is 6.72. The first-order valence-electron chi connectivity index (χ1n) is 5.08. The Morgan fingerprint density at radius 3 is 2.79 bits per heavy atom. The van der Waals surface area contributed by atoms with E-state index in [0.717, 1.165) is 24.1 Å². The van der Waals surface area contributed by atoms with Crippen molar-refractivity contribution in [2.24, 2.45) is 0 Å². The van der Waals surface area contributed by atoms with Crippen LogP contribution in [-0.2, 0) is 6.42 Å². The first-order valence-corrected chi connectivity index (χ1v) is 5.08. The van der Waals surface area contributed by atoms with Gasteiger partial charge in [0.1, 0.15) is 0 Å². The Kier molecular flexibility index (Phi) is 2.28. The Labute approximate surface area is 83.9 Å². The fourth-order valence-corrected chi connectivity index (χ4v) is 1.93. The number of aryl methyl sites for hydroxylation is 3. The molecule has 2 nitrogen and oxygen atoms in total. The molecule has 74 valence electrons. The number of hydrogen-bond acceptors (Lipinski definition) is 2. The summed E-state index contributed by atoms with van der Waals surface area (Å²) < 4.78 is 5.31. The second-order valence-corrected chi connectivity index (χ2v) is 3.83. The summed E-state index contributed by atoms with van der Waals surface area (Å²) in [5.41, 5.74) is 4.52. The highest BCUT2D eigenvalue weighted by atomic mass is 16.5. The van der Waals surface area contributed by atoms with E-state index >= 15 is 0 Å². The van der Waals surface area contributed by atoms with Gasteiger partial charge in [-0.15, -0.1) is 0 Å². The third-order valence-corrected chi connectivity index (χ3v) is 2.47. The summed E-state index contributed by atoms with van der Waals surface area (Å²) in [5.74, 6) is 0. The largest absolute Gasteiger partial charge is 0.356 e. The lowest BCUT2D eigenvalue weighted by Crippen LogP contribution is -1.86. The second-order valence-electron chi connectivity index (χ2n) is 3.83. The smallest absolute Gasteiger partial charge is 0.167 e. The molecule has 2 rings (SSSR count). The van der Waals surface area contributed by atoms with Crippen molar-refractivity contribution in [3.63, 3.8) is 0 Å². The molecule has 0 saturated carbocycles. The Morgan fingerprint density at radius 2 is 2.07 bits per heavy atom. The Bertz CT molecular complexity index is 457. The van der Waals surface area contributed by atoms with Crippen LogP contribution in [0.4, 0.5) is 0 Å².